The van der Waals surface area contributed by atoms with Crippen molar-refractivity contribution in [1.29, 1.82) is 0 Å². The van der Waals surface area contributed by atoms with E-state index in [2.05, 4.69) is 15.5 Å². The molecule has 3 amide bonds. The second-order valence-electron chi connectivity index (χ2n) is 6.95. The number of piperidine rings is 1. The van der Waals surface area contributed by atoms with Crippen LogP contribution in [0.3, 0.4) is 0 Å². The molecule has 0 aliphatic carbocycles. The van der Waals surface area contributed by atoms with Crippen LogP contribution in [0.5, 0.6) is 0 Å². The summed E-state index contributed by atoms with van der Waals surface area (Å²) in [5, 5.41) is 5.72. The summed E-state index contributed by atoms with van der Waals surface area (Å²) in [6, 6.07) is 7.41. The van der Waals surface area contributed by atoms with Crippen LogP contribution >= 0.6 is 0 Å². The van der Waals surface area contributed by atoms with Gasteiger partial charge in [-0.25, -0.2) is 4.79 Å². The van der Waals surface area contributed by atoms with Gasteiger partial charge < -0.3 is 20.3 Å². The van der Waals surface area contributed by atoms with Crippen molar-refractivity contribution in [2.75, 3.05) is 50.0 Å². The zero-order valence-corrected chi connectivity index (χ0v) is 15.4. The molecule has 142 valence electrons. The van der Waals surface area contributed by atoms with Gasteiger partial charge in [-0.2, -0.15) is 0 Å². The van der Waals surface area contributed by atoms with Crippen molar-refractivity contribution < 1.29 is 14.3 Å². The number of ether oxygens (including phenoxy) is 1. The van der Waals surface area contributed by atoms with Gasteiger partial charge in [0.25, 0.3) is 0 Å². The number of nitrogens with one attached hydrogen (secondary N) is 2. The average Bonchev–Trinajstić information content (AvgIpc) is 2.63. The molecule has 0 aromatic heterocycles. The summed E-state index contributed by atoms with van der Waals surface area (Å²) in [4.78, 5) is 28.4. The second kappa shape index (κ2) is 9.00. The zero-order valence-electron chi connectivity index (χ0n) is 15.4. The molecule has 2 fully saturated rings. The molecule has 2 saturated heterocycles. The Hall–Kier alpha value is -2.12. The molecule has 7 heteroatoms. The van der Waals surface area contributed by atoms with E-state index in [4.69, 9.17) is 4.74 Å². The van der Waals surface area contributed by atoms with Gasteiger partial charge in [0.1, 0.15) is 0 Å². The van der Waals surface area contributed by atoms with Crippen molar-refractivity contribution in [3.05, 3.63) is 24.3 Å². The van der Waals surface area contributed by atoms with Crippen molar-refractivity contribution >= 4 is 23.3 Å². The van der Waals surface area contributed by atoms with E-state index in [1.54, 1.807) is 12.1 Å². The van der Waals surface area contributed by atoms with Crippen LogP contribution < -0.4 is 10.6 Å². The van der Waals surface area contributed by atoms with Gasteiger partial charge in [0.05, 0.1) is 13.2 Å². The molecule has 2 heterocycles. The highest BCUT2D eigenvalue weighted by atomic mass is 16.5. The van der Waals surface area contributed by atoms with Crippen LogP contribution in [-0.2, 0) is 9.53 Å². The van der Waals surface area contributed by atoms with E-state index in [1.165, 1.54) is 6.92 Å². The number of anilines is 2. The molecule has 0 saturated carbocycles. The third-order valence-electron chi connectivity index (χ3n) is 4.89. The van der Waals surface area contributed by atoms with E-state index in [0.29, 0.717) is 11.4 Å². The Kier molecular flexibility index (Phi) is 6.46. The predicted molar refractivity (Wildman–Crippen MR) is 101 cm³/mol. The second-order valence-corrected chi connectivity index (χ2v) is 6.95. The van der Waals surface area contributed by atoms with Gasteiger partial charge in [0.2, 0.25) is 5.91 Å². The first-order chi connectivity index (χ1) is 12.6. The Morgan fingerprint density at radius 3 is 2.58 bits per heavy atom. The molecule has 2 N–H and O–H groups in total. The monoisotopic (exact) mass is 360 g/mol. The lowest BCUT2D eigenvalue weighted by atomic mass is 10.0. The average molecular weight is 360 g/mol. The van der Waals surface area contributed by atoms with Crippen LogP contribution in [0.2, 0.25) is 0 Å². The standard InChI is InChI=1S/C19H28N4O3/c1-15(24)20-16-5-4-6-17(13-16)21-19(25)23-8-3-2-7-18(23)14-22-9-11-26-12-10-22/h4-6,13,18H,2-3,7-12,14H2,1H3,(H,20,24)(H,21,25)/t18-/m0/s1. The van der Waals surface area contributed by atoms with Crippen molar-refractivity contribution in [3.63, 3.8) is 0 Å². The van der Waals surface area contributed by atoms with Gasteiger partial charge in [-0.15, -0.1) is 0 Å². The van der Waals surface area contributed by atoms with E-state index >= 15 is 0 Å². The fourth-order valence-corrected chi connectivity index (χ4v) is 3.61. The fourth-order valence-electron chi connectivity index (χ4n) is 3.61. The minimum Gasteiger partial charge on any atom is -0.379 e. The third-order valence-corrected chi connectivity index (χ3v) is 4.89. The molecule has 0 unspecified atom stereocenters. The molecule has 0 spiro atoms. The molecule has 3 rings (SSSR count). The maximum atomic E-state index is 12.8. The summed E-state index contributed by atoms with van der Waals surface area (Å²) >= 11 is 0. The number of rotatable bonds is 4. The summed E-state index contributed by atoms with van der Waals surface area (Å²) in [5.74, 6) is -0.130. The molecule has 0 bridgehead atoms. The van der Waals surface area contributed by atoms with Gasteiger partial charge in [-0.3, -0.25) is 9.69 Å². The maximum Gasteiger partial charge on any atom is 0.322 e. The Labute approximate surface area is 154 Å². The van der Waals surface area contributed by atoms with E-state index < -0.39 is 0 Å². The largest absolute Gasteiger partial charge is 0.379 e. The maximum absolute atomic E-state index is 12.8. The lowest BCUT2D eigenvalue weighted by molar-refractivity contribution is -0.114. The quantitative estimate of drug-likeness (QED) is 0.864. The van der Waals surface area contributed by atoms with E-state index in [-0.39, 0.29) is 18.0 Å². The van der Waals surface area contributed by atoms with E-state index in [0.717, 1.165) is 58.7 Å². The van der Waals surface area contributed by atoms with Gasteiger partial charge >= 0.3 is 6.03 Å². The van der Waals surface area contributed by atoms with Gasteiger partial charge in [-0.1, -0.05) is 6.07 Å². The van der Waals surface area contributed by atoms with Crippen LogP contribution in [0.4, 0.5) is 16.2 Å². The highest BCUT2D eigenvalue weighted by Gasteiger charge is 2.28. The van der Waals surface area contributed by atoms with Crippen LogP contribution in [0, 0.1) is 0 Å². The number of urea groups is 1. The normalized spacial score (nSPS) is 21.3. The highest BCUT2D eigenvalue weighted by molar-refractivity contribution is 5.92. The van der Waals surface area contributed by atoms with Crippen LogP contribution in [0.1, 0.15) is 26.2 Å². The topological polar surface area (TPSA) is 73.9 Å². The molecule has 1 aromatic rings. The molecule has 0 radical (unpaired) electrons. The van der Waals surface area contributed by atoms with Gasteiger partial charge in [0.15, 0.2) is 0 Å². The zero-order chi connectivity index (χ0) is 18.4. The number of benzene rings is 1. The molecule has 2 aliphatic heterocycles. The molecule has 7 nitrogen and oxygen atoms in total. The SMILES string of the molecule is CC(=O)Nc1cccc(NC(=O)N2CCCC[C@H]2CN2CCOCC2)c1. The number of likely N-dealkylation sites (tertiary alicyclic amines) is 1. The minimum atomic E-state index is -0.130. The van der Waals surface area contributed by atoms with Crippen molar-refractivity contribution in [1.82, 2.24) is 9.80 Å². The van der Waals surface area contributed by atoms with Crippen LogP contribution in [0.15, 0.2) is 24.3 Å². The first kappa shape index (κ1) is 18.7. The van der Waals surface area contributed by atoms with E-state index in [9.17, 15) is 9.59 Å². The number of carbonyl (C=O) groups is 2. The first-order valence-corrected chi connectivity index (χ1v) is 9.37. The van der Waals surface area contributed by atoms with Crippen molar-refractivity contribution in [3.8, 4) is 0 Å². The minimum absolute atomic E-state index is 0.0667. The number of hydrogen-bond donors (Lipinski definition) is 2. The van der Waals surface area contributed by atoms with Gasteiger partial charge in [0, 0.05) is 50.5 Å². The summed E-state index contributed by atoms with van der Waals surface area (Å²) in [6.45, 7) is 6.57. The molecule has 26 heavy (non-hydrogen) atoms. The van der Waals surface area contributed by atoms with Crippen LogP contribution in [-0.4, -0.2) is 67.2 Å². The Bertz CT molecular complexity index is 631. The lowest BCUT2D eigenvalue weighted by Gasteiger charge is -2.39. The fraction of sp³-hybridized carbons (Fsp3) is 0.579. The third kappa shape index (κ3) is 5.19. The molecule has 1 aromatic carbocycles. The summed E-state index contributed by atoms with van der Waals surface area (Å²) in [5.41, 5.74) is 1.37. The highest BCUT2D eigenvalue weighted by Crippen LogP contribution is 2.21. The summed E-state index contributed by atoms with van der Waals surface area (Å²) in [7, 11) is 0. The molecule has 1 atom stereocenters. The molecular weight excluding hydrogens is 332 g/mol. The Balaban J connectivity index is 1.61. The number of nitrogens with zero attached hydrogens (tertiary/aromatic N) is 2. The van der Waals surface area contributed by atoms with Crippen molar-refractivity contribution in [2.24, 2.45) is 0 Å². The summed E-state index contributed by atoms with van der Waals surface area (Å²) in [6.07, 6.45) is 3.24. The number of morpholine rings is 1. The lowest BCUT2D eigenvalue weighted by Crippen LogP contribution is -2.52. The number of amides is 3. The van der Waals surface area contributed by atoms with E-state index in [1.807, 2.05) is 17.0 Å². The molecular formula is C19H28N4O3. The smallest absolute Gasteiger partial charge is 0.322 e. The first-order valence-electron chi connectivity index (χ1n) is 9.37. The predicted octanol–water partition coefficient (Wildman–Crippen LogP) is 2.36. The van der Waals surface area contributed by atoms with Crippen molar-refractivity contribution in [2.45, 2.75) is 32.2 Å². The molecule has 2 aliphatic rings. The number of carbonyl (C=O) groups excluding carboxylic acids is 2. The summed E-state index contributed by atoms with van der Waals surface area (Å²) < 4.78 is 5.42. The van der Waals surface area contributed by atoms with Gasteiger partial charge in [-0.05, 0) is 37.5 Å². The Morgan fingerprint density at radius 1 is 1.12 bits per heavy atom. The number of hydrogen-bond acceptors (Lipinski definition) is 4. The van der Waals surface area contributed by atoms with Crippen LogP contribution in [0.25, 0.3) is 0 Å². The Morgan fingerprint density at radius 2 is 1.85 bits per heavy atom.